The van der Waals surface area contributed by atoms with Crippen LogP contribution in [0.15, 0.2) is 35.1 Å². The van der Waals surface area contributed by atoms with Gasteiger partial charge in [0.2, 0.25) is 0 Å². The van der Waals surface area contributed by atoms with Gasteiger partial charge in [0, 0.05) is 10.7 Å². The minimum atomic E-state index is -3.88. The third-order valence-corrected chi connectivity index (χ3v) is 3.59. The summed E-state index contributed by atoms with van der Waals surface area (Å²) in [7, 11) is 0. The van der Waals surface area contributed by atoms with E-state index in [4.69, 9.17) is 5.73 Å². The van der Waals surface area contributed by atoms with Gasteiger partial charge in [0.25, 0.3) is 5.91 Å². The molecule has 0 aliphatic heterocycles. The molecule has 0 bridgehead atoms. The van der Waals surface area contributed by atoms with Crippen molar-refractivity contribution in [2.24, 2.45) is 5.73 Å². The van der Waals surface area contributed by atoms with Crippen LogP contribution in [0.3, 0.4) is 0 Å². The number of hydrogen-bond donors (Lipinski definition) is 2. The third kappa shape index (κ3) is 3.50. The summed E-state index contributed by atoms with van der Waals surface area (Å²) in [6.45, 7) is 1.53. The minimum absolute atomic E-state index is 0.00000567. The highest BCUT2D eigenvalue weighted by molar-refractivity contribution is 9.10. The number of amides is 2. The van der Waals surface area contributed by atoms with Gasteiger partial charge in [-0.15, -0.1) is 0 Å². The summed E-state index contributed by atoms with van der Waals surface area (Å²) < 4.78 is 28.4. The third-order valence-electron chi connectivity index (χ3n) is 2.95. The van der Waals surface area contributed by atoms with Crippen molar-refractivity contribution in [3.05, 3.63) is 52.0 Å². The average Bonchev–Trinajstić information content (AvgIpc) is 2.49. The summed E-state index contributed by atoms with van der Waals surface area (Å²) in [5.74, 6) is -6.25. The molecule has 9 heteroatoms. The number of primary amides is 1. The maximum Gasteiger partial charge on any atom is 0.367 e. The first kappa shape index (κ1) is 16.9. The second-order valence-corrected chi connectivity index (χ2v) is 5.44. The number of halogens is 3. The Kier molecular flexibility index (Phi) is 4.69. The lowest BCUT2D eigenvalue weighted by Gasteiger charge is -2.16. The van der Waals surface area contributed by atoms with E-state index in [9.17, 15) is 18.4 Å². The normalized spacial score (nSPS) is 11.1. The van der Waals surface area contributed by atoms with Crippen LogP contribution >= 0.6 is 15.9 Å². The number of aromatic nitrogens is 2. The number of rotatable bonds is 4. The van der Waals surface area contributed by atoms with Crippen molar-refractivity contribution in [3.8, 4) is 0 Å². The number of alkyl halides is 2. The largest absolute Gasteiger partial charge is 0.367 e. The lowest BCUT2D eigenvalue weighted by atomic mass is 10.1. The van der Waals surface area contributed by atoms with E-state index in [2.05, 4.69) is 25.9 Å². The lowest BCUT2D eigenvalue weighted by Crippen LogP contribution is -2.33. The van der Waals surface area contributed by atoms with E-state index in [1.165, 1.54) is 25.1 Å². The van der Waals surface area contributed by atoms with Crippen LogP contribution in [0.2, 0.25) is 0 Å². The molecule has 6 nitrogen and oxygen atoms in total. The minimum Gasteiger partial charge on any atom is -0.366 e. The van der Waals surface area contributed by atoms with Gasteiger partial charge in [-0.05, 0) is 41.1 Å². The summed E-state index contributed by atoms with van der Waals surface area (Å²) >= 11 is 2.93. The highest BCUT2D eigenvalue weighted by Gasteiger charge is 2.44. The van der Waals surface area contributed by atoms with Crippen LogP contribution in [0.4, 0.5) is 14.5 Å². The highest BCUT2D eigenvalue weighted by Crippen LogP contribution is 2.33. The Morgan fingerprint density at radius 2 is 2.04 bits per heavy atom. The molecular formula is C14H11BrF2N4O2. The summed E-state index contributed by atoms with van der Waals surface area (Å²) in [6, 6.07) is 3.98. The quantitative estimate of drug-likeness (QED) is 0.845. The number of nitrogens with two attached hydrogens (primary N) is 1. The Bertz CT molecular complexity index is 783. The van der Waals surface area contributed by atoms with Crippen LogP contribution < -0.4 is 11.1 Å². The van der Waals surface area contributed by atoms with E-state index < -0.39 is 23.4 Å². The zero-order valence-electron chi connectivity index (χ0n) is 11.8. The van der Waals surface area contributed by atoms with E-state index >= 15 is 0 Å². The summed E-state index contributed by atoms with van der Waals surface area (Å²) in [5, 5.41) is 2.01. The van der Waals surface area contributed by atoms with Crippen molar-refractivity contribution in [2.75, 3.05) is 5.32 Å². The molecule has 120 valence electrons. The number of aryl methyl sites for hydroxylation is 1. The van der Waals surface area contributed by atoms with Crippen molar-refractivity contribution >= 4 is 33.4 Å². The first-order chi connectivity index (χ1) is 10.7. The number of hydrogen-bond acceptors (Lipinski definition) is 4. The number of carbonyl (C=O) groups excluding carboxylic acids is 2. The molecule has 3 N–H and O–H groups in total. The van der Waals surface area contributed by atoms with Crippen molar-refractivity contribution in [1.82, 2.24) is 9.97 Å². The van der Waals surface area contributed by atoms with Crippen LogP contribution in [0.25, 0.3) is 0 Å². The van der Waals surface area contributed by atoms with Gasteiger partial charge >= 0.3 is 11.8 Å². The van der Waals surface area contributed by atoms with E-state index in [-0.39, 0.29) is 15.7 Å². The highest BCUT2D eigenvalue weighted by atomic mass is 79.9. The standard InChI is InChI=1S/C14H11BrF2N4O2/c1-7-9(12(18)22)5-8(6-20-7)21-13(23)14(16,17)11-10(15)3-2-4-19-11/h2-6H,1H3,(H2,18,22)(H,21,23). The second-order valence-electron chi connectivity index (χ2n) is 4.58. The number of nitrogens with zero attached hydrogens (tertiary/aromatic N) is 2. The van der Waals surface area contributed by atoms with Crippen LogP contribution in [0, 0.1) is 6.92 Å². The number of nitrogens with one attached hydrogen (secondary N) is 1. The van der Waals surface area contributed by atoms with Crippen LogP contribution in [0.5, 0.6) is 0 Å². The molecule has 23 heavy (non-hydrogen) atoms. The first-order valence-corrected chi connectivity index (χ1v) is 7.09. The van der Waals surface area contributed by atoms with Crippen LogP contribution in [0.1, 0.15) is 21.7 Å². The van der Waals surface area contributed by atoms with E-state index in [0.717, 1.165) is 12.4 Å². The average molecular weight is 385 g/mol. The van der Waals surface area contributed by atoms with E-state index in [1.54, 1.807) is 0 Å². The van der Waals surface area contributed by atoms with Gasteiger partial charge in [-0.2, -0.15) is 8.78 Å². The molecule has 2 heterocycles. The molecule has 0 saturated carbocycles. The molecule has 0 aliphatic rings. The summed E-state index contributed by atoms with van der Waals surface area (Å²) in [5.41, 5.74) is 4.73. The van der Waals surface area contributed by atoms with Crippen molar-refractivity contribution < 1.29 is 18.4 Å². The molecule has 0 unspecified atom stereocenters. The van der Waals surface area contributed by atoms with Crippen molar-refractivity contribution in [1.29, 1.82) is 0 Å². The predicted molar refractivity (Wildman–Crippen MR) is 82.0 cm³/mol. The van der Waals surface area contributed by atoms with Crippen LogP contribution in [-0.4, -0.2) is 21.8 Å². The van der Waals surface area contributed by atoms with Gasteiger partial charge in [-0.25, -0.2) is 0 Å². The van der Waals surface area contributed by atoms with Crippen molar-refractivity contribution in [2.45, 2.75) is 12.8 Å². The molecular weight excluding hydrogens is 374 g/mol. The Morgan fingerprint density at radius 3 is 2.65 bits per heavy atom. The van der Waals surface area contributed by atoms with E-state index in [1.807, 2.05) is 5.32 Å². The maximum atomic E-state index is 14.2. The Labute approximate surface area is 138 Å². The molecule has 2 rings (SSSR count). The Balaban J connectivity index is 2.30. The fourth-order valence-electron chi connectivity index (χ4n) is 1.78. The zero-order valence-corrected chi connectivity index (χ0v) is 13.4. The summed E-state index contributed by atoms with van der Waals surface area (Å²) in [4.78, 5) is 30.5. The number of carbonyl (C=O) groups is 2. The fourth-order valence-corrected chi connectivity index (χ4v) is 2.29. The molecule has 0 aliphatic carbocycles. The number of pyridine rings is 2. The first-order valence-electron chi connectivity index (χ1n) is 6.30. The molecule has 0 aromatic carbocycles. The number of anilines is 1. The smallest absolute Gasteiger partial charge is 0.366 e. The monoisotopic (exact) mass is 384 g/mol. The molecule has 2 aromatic rings. The SMILES string of the molecule is Cc1ncc(NC(=O)C(F)(F)c2ncccc2Br)cc1C(N)=O. The lowest BCUT2D eigenvalue weighted by molar-refractivity contribution is -0.141. The molecule has 2 aromatic heterocycles. The van der Waals surface area contributed by atoms with E-state index in [0.29, 0.717) is 5.69 Å². The van der Waals surface area contributed by atoms with Crippen molar-refractivity contribution in [3.63, 3.8) is 0 Å². The molecule has 2 amide bonds. The Hall–Kier alpha value is -2.42. The van der Waals surface area contributed by atoms with Gasteiger partial charge in [0.1, 0.15) is 5.69 Å². The molecule has 0 atom stereocenters. The van der Waals surface area contributed by atoms with Gasteiger partial charge < -0.3 is 11.1 Å². The topological polar surface area (TPSA) is 98.0 Å². The van der Waals surface area contributed by atoms with Gasteiger partial charge in [0.05, 0.1) is 23.1 Å². The molecule has 0 fully saturated rings. The Morgan fingerprint density at radius 1 is 1.35 bits per heavy atom. The fraction of sp³-hybridized carbons (Fsp3) is 0.143. The van der Waals surface area contributed by atoms with Gasteiger partial charge in [0.15, 0.2) is 0 Å². The predicted octanol–water partition coefficient (Wildman–Crippen LogP) is 2.38. The van der Waals surface area contributed by atoms with Gasteiger partial charge in [-0.1, -0.05) is 0 Å². The zero-order chi connectivity index (χ0) is 17.2. The molecule has 0 saturated heterocycles. The summed E-state index contributed by atoms with van der Waals surface area (Å²) in [6.07, 6.45) is 2.31. The maximum absolute atomic E-state index is 14.2. The molecule has 0 spiro atoms. The second kappa shape index (κ2) is 6.37. The van der Waals surface area contributed by atoms with Crippen LogP contribution in [-0.2, 0) is 10.7 Å². The molecule has 0 radical (unpaired) electrons. The van der Waals surface area contributed by atoms with Gasteiger partial charge in [-0.3, -0.25) is 19.6 Å².